The van der Waals surface area contributed by atoms with Gasteiger partial charge in [-0.15, -0.1) is 10.2 Å². The Morgan fingerprint density at radius 2 is 1.93 bits per heavy atom. The van der Waals surface area contributed by atoms with Gasteiger partial charge in [-0.3, -0.25) is 9.36 Å². The molecule has 0 atom stereocenters. The van der Waals surface area contributed by atoms with Crippen LogP contribution >= 0.6 is 11.8 Å². The van der Waals surface area contributed by atoms with Gasteiger partial charge in [0.05, 0.1) is 12.0 Å². The lowest BCUT2D eigenvalue weighted by Gasteiger charge is -2.21. The van der Waals surface area contributed by atoms with E-state index in [-0.39, 0.29) is 5.91 Å². The van der Waals surface area contributed by atoms with Crippen molar-refractivity contribution >= 4 is 17.7 Å². The number of rotatable bonds is 7. The number of aromatic nitrogens is 3. The Kier molecular flexibility index (Phi) is 6.11. The average molecular weight is 397 g/mol. The summed E-state index contributed by atoms with van der Waals surface area (Å²) in [6.07, 6.45) is 7.96. The van der Waals surface area contributed by atoms with Crippen molar-refractivity contribution in [2.24, 2.45) is 5.92 Å². The fraction of sp³-hybridized carbons (Fsp3) is 0.381. The topological polar surface area (TPSA) is 73.0 Å². The third-order valence-electron chi connectivity index (χ3n) is 5.03. The monoisotopic (exact) mass is 396 g/mol. The number of hydrogen-bond donors (Lipinski definition) is 1. The van der Waals surface area contributed by atoms with Crippen molar-refractivity contribution in [3.8, 4) is 17.3 Å². The van der Waals surface area contributed by atoms with E-state index in [0.717, 1.165) is 12.2 Å². The zero-order chi connectivity index (χ0) is 19.2. The quantitative estimate of drug-likeness (QED) is 0.602. The number of hydrogen-bond acceptors (Lipinski definition) is 5. The molecule has 0 unspecified atom stereocenters. The summed E-state index contributed by atoms with van der Waals surface area (Å²) in [5.41, 5.74) is 0.934. The van der Waals surface area contributed by atoms with Gasteiger partial charge in [0.2, 0.25) is 11.7 Å². The number of furan rings is 1. The molecule has 146 valence electrons. The van der Waals surface area contributed by atoms with Gasteiger partial charge >= 0.3 is 0 Å². The van der Waals surface area contributed by atoms with E-state index in [1.165, 1.54) is 43.9 Å². The summed E-state index contributed by atoms with van der Waals surface area (Å²) in [7, 11) is 0. The van der Waals surface area contributed by atoms with E-state index in [1.807, 2.05) is 47.0 Å². The Hall–Kier alpha value is -2.54. The van der Waals surface area contributed by atoms with Crippen molar-refractivity contribution in [3.63, 3.8) is 0 Å². The number of carbonyl (C=O) groups excluding carboxylic acids is 1. The van der Waals surface area contributed by atoms with Gasteiger partial charge in [-0.2, -0.15) is 0 Å². The first-order chi connectivity index (χ1) is 13.8. The molecule has 1 N–H and O–H groups in total. The van der Waals surface area contributed by atoms with Crippen LogP contribution in [0.4, 0.5) is 0 Å². The molecule has 3 aromatic rings. The highest BCUT2D eigenvalue weighted by molar-refractivity contribution is 7.99. The minimum atomic E-state index is 0.0396. The maximum Gasteiger partial charge on any atom is 0.230 e. The van der Waals surface area contributed by atoms with E-state index in [4.69, 9.17) is 4.42 Å². The van der Waals surface area contributed by atoms with Crippen LogP contribution in [-0.4, -0.2) is 33.0 Å². The second kappa shape index (κ2) is 9.10. The molecule has 2 heterocycles. The molecule has 4 rings (SSSR count). The SMILES string of the molecule is O=C(CSc1nnc(-c2ccco2)n1-c1ccccc1)NCC1CCCCC1. The van der Waals surface area contributed by atoms with Crippen molar-refractivity contribution in [2.45, 2.75) is 37.3 Å². The number of thioether (sulfide) groups is 1. The highest BCUT2D eigenvalue weighted by atomic mass is 32.2. The predicted octanol–water partition coefficient (Wildman–Crippen LogP) is 4.32. The molecular weight excluding hydrogens is 372 g/mol. The van der Waals surface area contributed by atoms with Crippen molar-refractivity contribution < 1.29 is 9.21 Å². The Labute approximate surface area is 168 Å². The second-order valence-corrected chi connectivity index (χ2v) is 7.99. The summed E-state index contributed by atoms with van der Waals surface area (Å²) in [6, 6.07) is 13.6. The first kappa shape index (κ1) is 18.8. The van der Waals surface area contributed by atoms with Gasteiger partial charge in [-0.25, -0.2) is 0 Å². The van der Waals surface area contributed by atoms with Crippen LogP contribution in [-0.2, 0) is 4.79 Å². The van der Waals surface area contributed by atoms with E-state index in [9.17, 15) is 4.79 Å². The number of amides is 1. The Balaban J connectivity index is 1.45. The van der Waals surface area contributed by atoms with Crippen LogP contribution in [0.1, 0.15) is 32.1 Å². The summed E-state index contributed by atoms with van der Waals surface area (Å²) in [6.45, 7) is 0.780. The van der Waals surface area contributed by atoms with E-state index >= 15 is 0 Å². The van der Waals surface area contributed by atoms with Crippen LogP contribution in [0.15, 0.2) is 58.3 Å². The van der Waals surface area contributed by atoms with Crippen LogP contribution in [0.5, 0.6) is 0 Å². The van der Waals surface area contributed by atoms with Gasteiger partial charge in [-0.1, -0.05) is 49.2 Å². The van der Waals surface area contributed by atoms with Crippen LogP contribution < -0.4 is 5.32 Å². The normalized spacial score (nSPS) is 14.9. The summed E-state index contributed by atoms with van der Waals surface area (Å²) in [4.78, 5) is 12.3. The molecule has 1 amide bonds. The van der Waals surface area contributed by atoms with Gasteiger partial charge in [0.15, 0.2) is 10.9 Å². The molecule has 2 aromatic heterocycles. The van der Waals surface area contributed by atoms with Crippen molar-refractivity contribution in [3.05, 3.63) is 48.7 Å². The fourth-order valence-corrected chi connectivity index (χ4v) is 4.35. The van der Waals surface area contributed by atoms with E-state index in [1.54, 1.807) is 6.26 Å². The molecule has 1 fully saturated rings. The molecule has 1 saturated carbocycles. The zero-order valence-corrected chi connectivity index (χ0v) is 16.5. The van der Waals surface area contributed by atoms with Crippen LogP contribution in [0.3, 0.4) is 0 Å². The molecule has 0 bridgehead atoms. The summed E-state index contributed by atoms with van der Waals surface area (Å²) < 4.78 is 7.44. The molecule has 6 nitrogen and oxygen atoms in total. The van der Waals surface area contributed by atoms with Crippen molar-refractivity contribution in [1.82, 2.24) is 20.1 Å². The maximum atomic E-state index is 12.3. The van der Waals surface area contributed by atoms with E-state index in [2.05, 4.69) is 15.5 Å². The molecular formula is C21H24N4O2S. The van der Waals surface area contributed by atoms with Gasteiger partial charge < -0.3 is 9.73 Å². The van der Waals surface area contributed by atoms with Gasteiger partial charge in [-0.05, 0) is 43.0 Å². The molecule has 28 heavy (non-hydrogen) atoms. The van der Waals surface area contributed by atoms with Gasteiger partial charge in [0, 0.05) is 12.2 Å². The highest BCUT2D eigenvalue weighted by Gasteiger charge is 2.19. The highest BCUT2D eigenvalue weighted by Crippen LogP contribution is 2.28. The van der Waals surface area contributed by atoms with Crippen LogP contribution in [0.2, 0.25) is 0 Å². The number of benzene rings is 1. The first-order valence-electron chi connectivity index (χ1n) is 9.75. The lowest BCUT2D eigenvalue weighted by Crippen LogP contribution is -2.31. The fourth-order valence-electron chi connectivity index (χ4n) is 3.57. The zero-order valence-electron chi connectivity index (χ0n) is 15.7. The van der Waals surface area contributed by atoms with Gasteiger partial charge in [0.1, 0.15) is 0 Å². The van der Waals surface area contributed by atoms with E-state index < -0.39 is 0 Å². The van der Waals surface area contributed by atoms with Gasteiger partial charge in [0.25, 0.3) is 0 Å². The Morgan fingerprint density at radius 1 is 1.11 bits per heavy atom. The molecule has 1 aliphatic rings. The van der Waals surface area contributed by atoms with E-state index in [0.29, 0.717) is 28.4 Å². The molecule has 1 aromatic carbocycles. The van der Waals surface area contributed by atoms with Crippen LogP contribution in [0, 0.1) is 5.92 Å². The molecule has 0 aliphatic heterocycles. The molecule has 7 heteroatoms. The number of nitrogens with zero attached hydrogens (tertiary/aromatic N) is 3. The number of nitrogens with one attached hydrogen (secondary N) is 1. The standard InChI is InChI=1S/C21H24N4O2S/c26-19(22-14-16-8-3-1-4-9-16)15-28-21-24-23-20(18-12-7-13-27-18)25(21)17-10-5-2-6-11-17/h2,5-7,10-13,16H,1,3-4,8-9,14-15H2,(H,22,26). The molecule has 0 saturated heterocycles. The van der Waals surface area contributed by atoms with Crippen LogP contribution in [0.25, 0.3) is 17.3 Å². The lowest BCUT2D eigenvalue weighted by atomic mass is 9.89. The molecule has 1 aliphatic carbocycles. The minimum Gasteiger partial charge on any atom is -0.461 e. The minimum absolute atomic E-state index is 0.0396. The van der Waals surface area contributed by atoms with Crippen molar-refractivity contribution in [2.75, 3.05) is 12.3 Å². The summed E-state index contributed by atoms with van der Waals surface area (Å²) in [5, 5.41) is 12.4. The maximum absolute atomic E-state index is 12.3. The third kappa shape index (κ3) is 4.47. The second-order valence-electron chi connectivity index (χ2n) is 7.05. The number of carbonyl (C=O) groups is 1. The summed E-state index contributed by atoms with van der Waals surface area (Å²) in [5.74, 6) is 2.25. The summed E-state index contributed by atoms with van der Waals surface area (Å²) >= 11 is 1.39. The lowest BCUT2D eigenvalue weighted by molar-refractivity contribution is -0.118. The smallest absolute Gasteiger partial charge is 0.230 e. The Bertz CT molecular complexity index is 887. The average Bonchev–Trinajstić information content (AvgIpc) is 3.41. The predicted molar refractivity (Wildman–Crippen MR) is 109 cm³/mol. The third-order valence-corrected chi connectivity index (χ3v) is 5.96. The molecule has 0 radical (unpaired) electrons. The molecule has 0 spiro atoms. The first-order valence-corrected chi connectivity index (χ1v) is 10.7. The Morgan fingerprint density at radius 3 is 2.68 bits per heavy atom. The number of para-hydroxylation sites is 1. The largest absolute Gasteiger partial charge is 0.461 e. The van der Waals surface area contributed by atoms with Crippen molar-refractivity contribution in [1.29, 1.82) is 0 Å².